The van der Waals surface area contributed by atoms with Crippen molar-refractivity contribution in [2.24, 2.45) is 5.92 Å². The molecular weight excluding hydrogens is 342 g/mol. The van der Waals surface area contributed by atoms with Crippen LogP contribution >= 0.6 is 0 Å². The highest BCUT2D eigenvalue weighted by Crippen LogP contribution is 2.15. The van der Waals surface area contributed by atoms with Crippen molar-refractivity contribution in [1.29, 1.82) is 0 Å². The van der Waals surface area contributed by atoms with Crippen molar-refractivity contribution in [2.75, 3.05) is 20.8 Å². The molecule has 0 heterocycles. The molecule has 1 unspecified atom stereocenters. The average molecular weight is 367 g/mol. The fourth-order valence-electron chi connectivity index (χ4n) is 2.63. The number of rotatable bonds is 8. The van der Waals surface area contributed by atoms with E-state index in [1.165, 1.54) is 13.2 Å². The van der Waals surface area contributed by atoms with Gasteiger partial charge in [0.25, 0.3) is 0 Å². The number of ether oxygens (including phenoxy) is 2. The molecule has 0 bridgehead atoms. The van der Waals surface area contributed by atoms with Gasteiger partial charge in [-0.25, -0.2) is 0 Å². The summed E-state index contributed by atoms with van der Waals surface area (Å²) in [6.45, 7) is 2.42. The van der Waals surface area contributed by atoms with Gasteiger partial charge in [0, 0.05) is 19.2 Å². The molecule has 0 saturated carbocycles. The molecule has 0 aliphatic heterocycles. The van der Waals surface area contributed by atoms with E-state index in [0.717, 1.165) is 16.9 Å². The summed E-state index contributed by atoms with van der Waals surface area (Å²) >= 11 is 0. The zero-order chi connectivity index (χ0) is 19.6. The van der Waals surface area contributed by atoms with Gasteiger partial charge in [0.15, 0.2) is 0 Å². The maximum Gasteiger partial charge on any atom is 0.310 e. The van der Waals surface area contributed by atoms with Crippen LogP contribution in [-0.4, -0.2) is 37.5 Å². The Balaban J connectivity index is 2.15. The summed E-state index contributed by atoms with van der Waals surface area (Å²) in [5.41, 5.74) is 1.89. The smallest absolute Gasteiger partial charge is 0.310 e. The van der Waals surface area contributed by atoms with Gasteiger partial charge in [-0.05, 0) is 29.3 Å². The molecule has 1 atom stereocenters. The lowest BCUT2D eigenvalue weighted by atomic mass is 10.1. The van der Waals surface area contributed by atoms with Crippen molar-refractivity contribution in [2.45, 2.75) is 13.5 Å². The summed E-state index contributed by atoms with van der Waals surface area (Å²) < 4.78 is 9.96. The third-order valence-electron chi connectivity index (χ3n) is 4.16. The summed E-state index contributed by atoms with van der Waals surface area (Å²) in [5.74, 6) is -0.161. The molecule has 2 rings (SSSR count). The van der Waals surface area contributed by atoms with Crippen LogP contribution in [0, 0.1) is 5.92 Å². The van der Waals surface area contributed by atoms with Gasteiger partial charge in [-0.1, -0.05) is 49.4 Å². The molecule has 0 N–H and O–H groups in total. The van der Waals surface area contributed by atoms with Crippen LogP contribution in [0.1, 0.15) is 18.1 Å². The first-order chi connectivity index (χ1) is 13.0. The van der Waals surface area contributed by atoms with E-state index in [0.29, 0.717) is 6.54 Å². The molecule has 2 aromatic carbocycles. The number of hydrogen-bond donors (Lipinski definition) is 0. The fraction of sp³-hybridized carbons (Fsp3) is 0.273. The van der Waals surface area contributed by atoms with E-state index in [1.54, 1.807) is 25.0 Å². The molecule has 27 heavy (non-hydrogen) atoms. The van der Waals surface area contributed by atoms with Crippen molar-refractivity contribution < 1.29 is 19.1 Å². The van der Waals surface area contributed by atoms with E-state index >= 15 is 0 Å². The van der Waals surface area contributed by atoms with Gasteiger partial charge in [0.1, 0.15) is 5.75 Å². The van der Waals surface area contributed by atoms with Gasteiger partial charge >= 0.3 is 5.97 Å². The summed E-state index contributed by atoms with van der Waals surface area (Å²) in [7, 11) is 2.96. The highest BCUT2D eigenvalue weighted by Gasteiger charge is 2.20. The summed E-state index contributed by atoms with van der Waals surface area (Å²) in [4.78, 5) is 26.2. The average Bonchev–Trinajstić information content (AvgIpc) is 2.72. The van der Waals surface area contributed by atoms with Crippen molar-refractivity contribution in [3.8, 4) is 5.75 Å². The molecule has 5 nitrogen and oxygen atoms in total. The first-order valence-electron chi connectivity index (χ1n) is 8.76. The third kappa shape index (κ3) is 6.29. The number of benzene rings is 2. The molecule has 0 aliphatic carbocycles. The van der Waals surface area contributed by atoms with E-state index < -0.39 is 5.92 Å². The van der Waals surface area contributed by atoms with Gasteiger partial charge in [0.2, 0.25) is 5.91 Å². The van der Waals surface area contributed by atoms with Crippen LogP contribution in [0.2, 0.25) is 0 Å². The molecule has 142 valence electrons. The van der Waals surface area contributed by atoms with Crippen LogP contribution in [0.4, 0.5) is 0 Å². The molecular formula is C22H25NO4. The van der Waals surface area contributed by atoms with Crippen molar-refractivity contribution in [1.82, 2.24) is 4.90 Å². The molecule has 0 aromatic heterocycles. The maximum absolute atomic E-state index is 12.8. The van der Waals surface area contributed by atoms with E-state index in [2.05, 4.69) is 0 Å². The Morgan fingerprint density at radius 1 is 1.04 bits per heavy atom. The topological polar surface area (TPSA) is 55.8 Å². The monoisotopic (exact) mass is 367 g/mol. The number of methoxy groups -OCH3 is 2. The van der Waals surface area contributed by atoms with Gasteiger partial charge in [-0.15, -0.1) is 0 Å². The minimum atomic E-state index is -0.415. The van der Waals surface area contributed by atoms with Crippen LogP contribution in [0.3, 0.4) is 0 Å². The zero-order valence-corrected chi connectivity index (χ0v) is 15.9. The standard InChI is InChI=1S/C22H25NO4/c1-17(22(25)27-3)15-23(16-19-9-12-20(26-2)13-10-19)21(24)14-11-18-7-5-4-6-8-18/h4-14,17H,15-16H2,1-3H3/b14-11+. The number of carbonyl (C=O) groups is 2. The van der Waals surface area contributed by atoms with Crippen LogP contribution < -0.4 is 4.74 Å². The lowest BCUT2D eigenvalue weighted by Crippen LogP contribution is -2.35. The molecule has 2 aromatic rings. The number of carbonyl (C=O) groups excluding carboxylic acids is 2. The summed E-state index contributed by atoms with van der Waals surface area (Å²) in [5, 5.41) is 0. The van der Waals surface area contributed by atoms with Crippen LogP contribution in [-0.2, 0) is 20.9 Å². The zero-order valence-electron chi connectivity index (χ0n) is 15.9. The molecule has 0 spiro atoms. The fourth-order valence-corrected chi connectivity index (χ4v) is 2.63. The van der Waals surface area contributed by atoms with Crippen LogP contribution in [0.25, 0.3) is 6.08 Å². The predicted molar refractivity (Wildman–Crippen MR) is 105 cm³/mol. The number of nitrogens with zero attached hydrogens (tertiary/aromatic N) is 1. The number of amides is 1. The Morgan fingerprint density at radius 3 is 2.30 bits per heavy atom. The number of hydrogen-bond acceptors (Lipinski definition) is 4. The Kier molecular flexibility index (Phi) is 7.62. The molecule has 5 heteroatoms. The maximum atomic E-state index is 12.8. The van der Waals surface area contributed by atoms with Crippen LogP contribution in [0.15, 0.2) is 60.7 Å². The lowest BCUT2D eigenvalue weighted by molar-refractivity contribution is -0.146. The van der Waals surface area contributed by atoms with Crippen LogP contribution in [0.5, 0.6) is 5.75 Å². The Bertz CT molecular complexity index is 769. The lowest BCUT2D eigenvalue weighted by Gasteiger charge is -2.24. The molecule has 0 aliphatic rings. The molecule has 1 amide bonds. The second kappa shape index (κ2) is 10.2. The van der Waals surface area contributed by atoms with E-state index in [4.69, 9.17) is 9.47 Å². The largest absolute Gasteiger partial charge is 0.497 e. The van der Waals surface area contributed by atoms with E-state index in [1.807, 2.05) is 54.6 Å². The van der Waals surface area contributed by atoms with Crippen molar-refractivity contribution >= 4 is 18.0 Å². The normalized spacial score (nSPS) is 11.8. The Labute approximate surface area is 160 Å². The predicted octanol–water partition coefficient (Wildman–Crippen LogP) is 3.55. The Morgan fingerprint density at radius 2 is 1.70 bits per heavy atom. The summed E-state index contributed by atoms with van der Waals surface area (Å²) in [6.07, 6.45) is 3.30. The van der Waals surface area contributed by atoms with Crippen molar-refractivity contribution in [3.05, 3.63) is 71.8 Å². The second-order valence-corrected chi connectivity index (χ2v) is 6.24. The van der Waals surface area contributed by atoms with Gasteiger partial charge < -0.3 is 14.4 Å². The first kappa shape index (κ1) is 20.2. The molecule has 0 radical (unpaired) electrons. The van der Waals surface area contributed by atoms with E-state index in [-0.39, 0.29) is 18.4 Å². The molecule has 0 fully saturated rings. The first-order valence-corrected chi connectivity index (χ1v) is 8.76. The highest BCUT2D eigenvalue weighted by molar-refractivity contribution is 5.92. The van der Waals surface area contributed by atoms with Gasteiger partial charge in [0.05, 0.1) is 20.1 Å². The highest BCUT2D eigenvalue weighted by atomic mass is 16.5. The third-order valence-corrected chi connectivity index (χ3v) is 4.16. The van der Waals surface area contributed by atoms with Crippen molar-refractivity contribution in [3.63, 3.8) is 0 Å². The van der Waals surface area contributed by atoms with Gasteiger partial charge in [-0.3, -0.25) is 9.59 Å². The second-order valence-electron chi connectivity index (χ2n) is 6.24. The SMILES string of the molecule is COC(=O)C(C)CN(Cc1ccc(OC)cc1)C(=O)/C=C/c1ccccc1. The minimum Gasteiger partial charge on any atom is -0.497 e. The summed E-state index contributed by atoms with van der Waals surface area (Å²) in [6, 6.07) is 17.1. The quantitative estimate of drug-likeness (QED) is 0.529. The Hall–Kier alpha value is -3.08. The van der Waals surface area contributed by atoms with Gasteiger partial charge in [-0.2, -0.15) is 0 Å². The van der Waals surface area contributed by atoms with E-state index in [9.17, 15) is 9.59 Å². The molecule has 0 saturated heterocycles. The minimum absolute atomic E-state index is 0.162. The number of esters is 1.